The Morgan fingerprint density at radius 3 is 2.26 bits per heavy atom. The van der Waals surface area contributed by atoms with Crippen LogP contribution < -0.4 is 16.8 Å². The molecule has 3 rings (SSSR count). The number of nitriles is 1. The van der Waals surface area contributed by atoms with E-state index in [0.717, 1.165) is 18.2 Å². The molecular weight excluding hydrogens is 471 g/mol. The van der Waals surface area contributed by atoms with Crippen LogP contribution in [0, 0.1) is 11.3 Å². The molecule has 0 fully saturated rings. The van der Waals surface area contributed by atoms with Gasteiger partial charge in [0.15, 0.2) is 5.03 Å². The number of sulfone groups is 1. The molecule has 14 heteroatoms. The first-order chi connectivity index (χ1) is 14.5. The number of aromatic nitrogens is 5. The Hall–Kier alpha value is -3.27. The maximum absolute atomic E-state index is 13.1. The molecule has 31 heavy (non-hydrogen) atoms. The van der Waals surface area contributed by atoms with Gasteiger partial charge in [0.25, 0.3) is 11.1 Å². The molecule has 3 aromatic rings. The molecule has 0 spiro atoms. The van der Waals surface area contributed by atoms with Crippen molar-refractivity contribution in [1.29, 1.82) is 5.26 Å². The molecule has 0 bridgehead atoms. The molecule has 0 unspecified atom stereocenters. The molecule has 1 aromatic carbocycles. The summed E-state index contributed by atoms with van der Waals surface area (Å²) in [5.41, 5.74) is -2.99. The highest BCUT2D eigenvalue weighted by molar-refractivity contribution is 7.91. The summed E-state index contributed by atoms with van der Waals surface area (Å²) in [5, 5.41) is 17.1. The largest absolute Gasteiger partial charge is 0.349 e. The average Bonchev–Trinajstić information content (AvgIpc) is 2.67. The van der Waals surface area contributed by atoms with Gasteiger partial charge in [-0.15, -0.1) is 5.10 Å². The Kier molecular flexibility index (Phi) is 5.86. The molecule has 160 valence electrons. The van der Waals surface area contributed by atoms with Crippen LogP contribution in [0.4, 0.5) is 0 Å². The van der Waals surface area contributed by atoms with Gasteiger partial charge in [-0.1, -0.05) is 37.0 Å². The topological polar surface area (TPSA) is 171 Å². The predicted octanol–water partition coefficient (Wildman–Crippen LogP) is 1.14. The van der Waals surface area contributed by atoms with Crippen molar-refractivity contribution in [3.05, 3.63) is 70.7 Å². The molecule has 0 atom stereocenters. The van der Waals surface area contributed by atoms with Crippen LogP contribution in [0.1, 0.15) is 31.0 Å². The maximum atomic E-state index is 13.1. The monoisotopic (exact) mass is 482 g/mol. The molecule has 0 saturated carbocycles. The number of hydrogen-bond donors (Lipinski definition) is 2. The molecule has 2 N–H and O–H groups in total. The first kappa shape index (κ1) is 22.4. The van der Waals surface area contributed by atoms with E-state index in [9.17, 15) is 22.8 Å². The van der Waals surface area contributed by atoms with E-state index in [1.165, 1.54) is 6.07 Å². The zero-order valence-electron chi connectivity index (χ0n) is 15.8. The van der Waals surface area contributed by atoms with Crippen molar-refractivity contribution >= 4 is 33.0 Å². The van der Waals surface area contributed by atoms with Crippen molar-refractivity contribution in [2.24, 2.45) is 0 Å². The lowest BCUT2D eigenvalue weighted by Crippen LogP contribution is -2.33. The van der Waals surface area contributed by atoms with Crippen molar-refractivity contribution in [2.75, 3.05) is 0 Å². The summed E-state index contributed by atoms with van der Waals surface area (Å²) in [5.74, 6) is -0.276. The number of rotatable bonds is 4. The predicted molar refractivity (Wildman–Crippen MR) is 110 cm³/mol. The number of nitrogens with one attached hydrogen (secondary N) is 2. The average molecular weight is 483 g/mol. The Bertz CT molecular complexity index is 1510. The van der Waals surface area contributed by atoms with Gasteiger partial charge in [0.05, 0.1) is 15.7 Å². The molecule has 0 aliphatic rings. The molecule has 0 radical (unpaired) electrons. The summed E-state index contributed by atoms with van der Waals surface area (Å²) in [6.45, 7) is 3.42. The van der Waals surface area contributed by atoms with Crippen molar-refractivity contribution in [3.63, 3.8) is 0 Å². The maximum Gasteiger partial charge on any atom is 0.349 e. The lowest BCUT2D eigenvalue weighted by atomic mass is 10.1. The Labute approximate surface area is 183 Å². The first-order valence-corrected chi connectivity index (χ1v) is 10.7. The van der Waals surface area contributed by atoms with E-state index in [1.807, 2.05) is 4.98 Å². The fourth-order valence-electron chi connectivity index (χ4n) is 2.65. The minimum Gasteiger partial charge on any atom is -0.270 e. The van der Waals surface area contributed by atoms with Crippen LogP contribution in [-0.2, 0) is 9.84 Å². The third kappa shape index (κ3) is 4.02. The minimum atomic E-state index is -4.36. The molecule has 0 aliphatic carbocycles. The third-order valence-corrected chi connectivity index (χ3v) is 6.69. The van der Waals surface area contributed by atoms with Crippen LogP contribution in [0.15, 0.2) is 42.5 Å². The second kappa shape index (κ2) is 8.10. The smallest absolute Gasteiger partial charge is 0.270 e. The quantitative estimate of drug-likeness (QED) is 0.556. The number of aromatic amines is 2. The van der Waals surface area contributed by atoms with Gasteiger partial charge in [-0.3, -0.25) is 14.6 Å². The lowest BCUT2D eigenvalue weighted by molar-refractivity contribution is 0.588. The summed E-state index contributed by atoms with van der Waals surface area (Å²) in [7, 11) is -4.36. The highest BCUT2D eigenvalue weighted by Crippen LogP contribution is 2.35. The van der Waals surface area contributed by atoms with Gasteiger partial charge < -0.3 is 0 Å². The summed E-state index contributed by atoms with van der Waals surface area (Å²) in [4.78, 5) is 36.8. The summed E-state index contributed by atoms with van der Waals surface area (Å²) in [6.07, 6.45) is 0. The Morgan fingerprint density at radius 2 is 1.71 bits per heavy atom. The van der Waals surface area contributed by atoms with Gasteiger partial charge >= 0.3 is 5.69 Å². The highest BCUT2D eigenvalue weighted by Gasteiger charge is 2.28. The lowest BCUT2D eigenvalue weighted by Gasteiger charge is -2.12. The van der Waals surface area contributed by atoms with E-state index in [4.69, 9.17) is 28.5 Å². The molecule has 2 aromatic heterocycles. The molecule has 2 heterocycles. The number of H-pyrrole nitrogens is 2. The van der Waals surface area contributed by atoms with Gasteiger partial charge in [0, 0.05) is 5.56 Å². The number of halogens is 2. The van der Waals surface area contributed by atoms with Gasteiger partial charge in [-0.05, 0) is 24.1 Å². The van der Waals surface area contributed by atoms with E-state index in [-0.39, 0.29) is 27.2 Å². The van der Waals surface area contributed by atoms with Crippen LogP contribution in [-0.4, -0.2) is 33.4 Å². The number of benzene rings is 1. The highest BCUT2D eigenvalue weighted by atomic mass is 35.5. The molecular formula is C17H12Cl2N6O5S. The molecule has 0 aliphatic heterocycles. The van der Waals surface area contributed by atoms with Crippen LogP contribution in [0.5, 0.6) is 0 Å². The molecule has 0 saturated heterocycles. The third-order valence-electron chi connectivity index (χ3n) is 4.14. The standard InChI is InChI=1S/C17H12Cl2N6O5S/c1-7(2)9-5-13(22-23-15(9)26)31(29,30)14-10(18)3-8(4-11(14)19)25-17(28)21-16(27)12(6-20)24-25/h3-5,7H,1-2H3,(H,23,26)(H,21,27,28). The van der Waals surface area contributed by atoms with Crippen molar-refractivity contribution < 1.29 is 8.42 Å². The fourth-order valence-corrected chi connectivity index (χ4v) is 5.02. The Balaban J connectivity index is 2.22. The number of hydrogen-bond acceptors (Lipinski definition) is 8. The Morgan fingerprint density at radius 1 is 1.10 bits per heavy atom. The normalized spacial score (nSPS) is 11.5. The van der Waals surface area contributed by atoms with Crippen LogP contribution in [0.25, 0.3) is 5.69 Å². The van der Waals surface area contributed by atoms with Gasteiger partial charge in [-0.2, -0.15) is 15.0 Å². The minimum absolute atomic E-state index is 0.0935. The summed E-state index contributed by atoms with van der Waals surface area (Å²) in [6, 6.07) is 4.80. The fraction of sp³-hybridized carbons (Fsp3) is 0.176. The van der Waals surface area contributed by atoms with E-state index >= 15 is 0 Å². The van der Waals surface area contributed by atoms with E-state index < -0.39 is 42.3 Å². The van der Waals surface area contributed by atoms with Gasteiger partial charge in [-0.25, -0.2) is 18.3 Å². The van der Waals surface area contributed by atoms with Gasteiger partial charge in [0.1, 0.15) is 11.0 Å². The van der Waals surface area contributed by atoms with Crippen LogP contribution in [0.3, 0.4) is 0 Å². The van der Waals surface area contributed by atoms with Gasteiger partial charge in [0.2, 0.25) is 15.5 Å². The van der Waals surface area contributed by atoms with Crippen LogP contribution >= 0.6 is 23.2 Å². The van der Waals surface area contributed by atoms with E-state index in [2.05, 4.69) is 15.3 Å². The summed E-state index contributed by atoms with van der Waals surface area (Å²) >= 11 is 12.3. The molecule has 0 amide bonds. The first-order valence-electron chi connectivity index (χ1n) is 8.45. The number of nitrogens with zero attached hydrogens (tertiary/aromatic N) is 4. The zero-order chi connectivity index (χ0) is 23.1. The molecule has 11 nitrogen and oxygen atoms in total. The van der Waals surface area contributed by atoms with Crippen LogP contribution in [0.2, 0.25) is 10.0 Å². The van der Waals surface area contributed by atoms with E-state index in [0.29, 0.717) is 4.68 Å². The second-order valence-electron chi connectivity index (χ2n) is 6.52. The van der Waals surface area contributed by atoms with Crippen molar-refractivity contribution in [2.45, 2.75) is 29.7 Å². The van der Waals surface area contributed by atoms with Crippen molar-refractivity contribution in [1.82, 2.24) is 25.0 Å². The second-order valence-corrected chi connectivity index (χ2v) is 9.17. The zero-order valence-corrected chi connectivity index (χ0v) is 18.1. The van der Waals surface area contributed by atoms with Crippen molar-refractivity contribution in [3.8, 4) is 11.8 Å². The summed E-state index contributed by atoms with van der Waals surface area (Å²) < 4.78 is 26.8. The SMILES string of the molecule is CC(C)c1cc(S(=O)(=O)c2c(Cl)cc(-n3nc(C#N)c(=O)[nH]c3=O)cc2Cl)n[nH]c1=O. The van der Waals surface area contributed by atoms with E-state index in [1.54, 1.807) is 13.8 Å².